The Morgan fingerprint density at radius 1 is 1.33 bits per heavy atom. The molecule has 1 N–H and O–H groups in total. The fraction of sp³-hybridized carbons (Fsp3) is 0.0588. The van der Waals surface area contributed by atoms with Crippen LogP contribution in [0.4, 0.5) is 5.69 Å². The number of amides is 1. The Labute approximate surface area is 142 Å². The minimum Gasteiger partial charge on any atom is -0.437 e. The first-order valence-electron chi connectivity index (χ1n) is 7.14. The second kappa shape index (κ2) is 7.47. The lowest BCUT2D eigenvalue weighted by atomic mass is 10.3. The summed E-state index contributed by atoms with van der Waals surface area (Å²) < 4.78 is 5.58. The Balaban J connectivity index is 1.63. The minimum atomic E-state index is -0.239. The number of carbonyl (C=O) groups excluding carboxylic acids is 1. The molecule has 0 aliphatic heterocycles. The molecular formula is C17H14N4O2S. The quantitative estimate of drug-likeness (QED) is 0.718. The molecule has 7 heteroatoms. The second-order valence-electron chi connectivity index (χ2n) is 4.79. The predicted octanol–water partition coefficient (Wildman–Crippen LogP) is 3.69. The number of carbonyl (C=O) groups is 1. The largest absolute Gasteiger partial charge is 0.437 e. The molecule has 2 aromatic heterocycles. The highest BCUT2D eigenvalue weighted by atomic mass is 32.1. The topological polar surface area (TPSA) is 77.0 Å². The molecule has 3 rings (SSSR count). The van der Waals surface area contributed by atoms with Crippen LogP contribution < -0.4 is 10.1 Å². The van der Waals surface area contributed by atoms with E-state index in [4.69, 9.17) is 4.74 Å². The maximum Gasteiger partial charge on any atom is 0.248 e. The lowest BCUT2D eigenvalue weighted by Gasteiger charge is -2.06. The van der Waals surface area contributed by atoms with E-state index in [0.29, 0.717) is 17.3 Å². The third-order valence-corrected chi connectivity index (χ3v) is 3.70. The molecule has 6 nitrogen and oxygen atoms in total. The van der Waals surface area contributed by atoms with Crippen LogP contribution in [0.5, 0.6) is 11.6 Å². The summed E-state index contributed by atoms with van der Waals surface area (Å²) in [5, 5.41) is 5.64. The van der Waals surface area contributed by atoms with Gasteiger partial charge in [-0.15, -0.1) is 11.3 Å². The van der Waals surface area contributed by atoms with Crippen LogP contribution in [0.1, 0.15) is 10.7 Å². The number of aryl methyl sites for hydroxylation is 1. The van der Waals surface area contributed by atoms with Gasteiger partial charge in [0, 0.05) is 35.6 Å². The van der Waals surface area contributed by atoms with Crippen LogP contribution in [0.3, 0.4) is 0 Å². The molecule has 2 heterocycles. The normalized spacial score (nSPS) is 10.7. The van der Waals surface area contributed by atoms with Crippen molar-refractivity contribution in [1.29, 1.82) is 0 Å². The molecule has 0 atom stereocenters. The molecule has 24 heavy (non-hydrogen) atoms. The molecule has 120 valence electrons. The third-order valence-electron chi connectivity index (χ3n) is 2.91. The standard InChI is InChI=1S/C17H14N4O2S/c1-12-20-14(11-24-12)5-6-16(22)21-13-3-2-4-15(9-13)23-17-10-18-7-8-19-17/h2-11H,1H3,(H,21,22)/b6-5+. The van der Waals surface area contributed by atoms with Crippen LogP contribution >= 0.6 is 11.3 Å². The van der Waals surface area contributed by atoms with Gasteiger partial charge in [0.05, 0.1) is 16.9 Å². The first-order valence-corrected chi connectivity index (χ1v) is 8.02. The summed E-state index contributed by atoms with van der Waals surface area (Å²) in [6.07, 6.45) is 7.76. The average Bonchev–Trinajstić information content (AvgIpc) is 3.00. The van der Waals surface area contributed by atoms with Crippen LogP contribution in [0.15, 0.2) is 54.3 Å². The van der Waals surface area contributed by atoms with E-state index in [2.05, 4.69) is 20.3 Å². The van der Waals surface area contributed by atoms with Gasteiger partial charge in [-0.1, -0.05) is 6.07 Å². The van der Waals surface area contributed by atoms with Crippen molar-refractivity contribution in [3.05, 3.63) is 65.0 Å². The van der Waals surface area contributed by atoms with Gasteiger partial charge < -0.3 is 10.1 Å². The Hall–Kier alpha value is -3.06. The number of aromatic nitrogens is 3. The number of hydrogen-bond donors (Lipinski definition) is 1. The van der Waals surface area contributed by atoms with E-state index >= 15 is 0 Å². The van der Waals surface area contributed by atoms with E-state index in [1.54, 1.807) is 54.1 Å². The van der Waals surface area contributed by atoms with E-state index in [0.717, 1.165) is 10.7 Å². The maximum absolute atomic E-state index is 12.0. The van der Waals surface area contributed by atoms with E-state index in [1.807, 2.05) is 12.3 Å². The molecule has 0 fully saturated rings. The zero-order valence-electron chi connectivity index (χ0n) is 12.8. The first kappa shape index (κ1) is 15.8. The van der Waals surface area contributed by atoms with Gasteiger partial charge in [-0.2, -0.15) is 0 Å². The molecule has 0 saturated carbocycles. The third kappa shape index (κ3) is 4.47. The highest BCUT2D eigenvalue weighted by Gasteiger charge is 2.03. The molecular weight excluding hydrogens is 324 g/mol. The Bertz CT molecular complexity index is 862. The zero-order valence-corrected chi connectivity index (χ0v) is 13.7. The molecule has 0 aliphatic carbocycles. The van der Waals surface area contributed by atoms with Gasteiger partial charge in [0.2, 0.25) is 11.8 Å². The number of rotatable bonds is 5. The summed E-state index contributed by atoms with van der Waals surface area (Å²) in [5.74, 6) is 0.712. The fourth-order valence-corrected chi connectivity index (χ4v) is 2.48. The van der Waals surface area contributed by atoms with Crippen molar-refractivity contribution < 1.29 is 9.53 Å². The van der Waals surface area contributed by atoms with Crippen molar-refractivity contribution in [3.63, 3.8) is 0 Å². The monoisotopic (exact) mass is 338 g/mol. The van der Waals surface area contributed by atoms with Crippen molar-refractivity contribution in [2.45, 2.75) is 6.92 Å². The van der Waals surface area contributed by atoms with Crippen LogP contribution in [0.25, 0.3) is 6.08 Å². The number of ether oxygens (including phenoxy) is 1. The van der Waals surface area contributed by atoms with Gasteiger partial charge in [-0.3, -0.25) is 9.78 Å². The van der Waals surface area contributed by atoms with Crippen molar-refractivity contribution in [2.24, 2.45) is 0 Å². The highest BCUT2D eigenvalue weighted by Crippen LogP contribution is 2.22. The molecule has 1 aromatic carbocycles. The number of nitrogens with one attached hydrogen (secondary N) is 1. The lowest BCUT2D eigenvalue weighted by molar-refractivity contribution is -0.111. The zero-order chi connectivity index (χ0) is 16.8. The number of benzene rings is 1. The Kier molecular flexibility index (Phi) is 4.93. The smallest absolute Gasteiger partial charge is 0.248 e. The molecule has 3 aromatic rings. The summed E-state index contributed by atoms with van der Waals surface area (Å²) in [5.41, 5.74) is 1.40. The Morgan fingerprint density at radius 3 is 3.00 bits per heavy atom. The molecule has 0 radical (unpaired) electrons. The van der Waals surface area contributed by atoms with E-state index in [1.165, 1.54) is 12.3 Å². The minimum absolute atomic E-state index is 0.239. The molecule has 0 bridgehead atoms. The van der Waals surface area contributed by atoms with E-state index in [-0.39, 0.29) is 5.91 Å². The first-order chi connectivity index (χ1) is 11.7. The average molecular weight is 338 g/mol. The van der Waals surface area contributed by atoms with Crippen LogP contribution in [-0.2, 0) is 4.79 Å². The summed E-state index contributed by atoms with van der Waals surface area (Å²) in [7, 11) is 0. The molecule has 0 saturated heterocycles. The van der Waals surface area contributed by atoms with Gasteiger partial charge in [-0.25, -0.2) is 9.97 Å². The van der Waals surface area contributed by atoms with Gasteiger partial charge in [0.1, 0.15) is 5.75 Å². The van der Waals surface area contributed by atoms with Crippen LogP contribution in [0.2, 0.25) is 0 Å². The summed E-state index contributed by atoms with van der Waals surface area (Å²) in [4.78, 5) is 24.2. The van der Waals surface area contributed by atoms with E-state index in [9.17, 15) is 4.79 Å². The van der Waals surface area contributed by atoms with Gasteiger partial charge in [-0.05, 0) is 25.1 Å². The number of thiazole rings is 1. The lowest BCUT2D eigenvalue weighted by Crippen LogP contribution is -2.07. The van der Waals surface area contributed by atoms with Gasteiger partial charge >= 0.3 is 0 Å². The summed E-state index contributed by atoms with van der Waals surface area (Å²) in [6, 6.07) is 7.06. The fourth-order valence-electron chi connectivity index (χ4n) is 1.90. The van der Waals surface area contributed by atoms with Crippen molar-refractivity contribution >= 4 is 29.0 Å². The van der Waals surface area contributed by atoms with Gasteiger partial charge in [0.25, 0.3) is 0 Å². The molecule has 0 unspecified atom stereocenters. The second-order valence-corrected chi connectivity index (χ2v) is 5.85. The van der Waals surface area contributed by atoms with Crippen LogP contribution in [0, 0.1) is 6.92 Å². The molecule has 0 spiro atoms. The summed E-state index contributed by atoms with van der Waals surface area (Å²) in [6.45, 7) is 1.92. The molecule has 0 aliphatic rings. The number of nitrogens with zero attached hydrogens (tertiary/aromatic N) is 3. The summed E-state index contributed by atoms with van der Waals surface area (Å²) >= 11 is 1.54. The number of hydrogen-bond acceptors (Lipinski definition) is 6. The van der Waals surface area contributed by atoms with Crippen LogP contribution in [-0.4, -0.2) is 20.9 Å². The highest BCUT2D eigenvalue weighted by molar-refractivity contribution is 7.09. The van der Waals surface area contributed by atoms with E-state index < -0.39 is 0 Å². The maximum atomic E-state index is 12.0. The Morgan fingerprint density at radius 2 is 2.25 bits per heavy atom. The SMILES string of the molecule is Cc1nc(/C=C/C(=O)Nc2cccc(Oc3cnccn3)c2)cs1. The van der Waals surface area contributed by atoms with Crippen molar-refractivity contribution in [2.75, 3.05) is 5.32 Å². The number of anilines is 1. The van der Waals surface area contributed by atoms with Crippen molar-refractivity contribution in [1.82, 2.24) is 15.0 Å². The van der Waals surface area contributed by atoms with Gasteiger partial charge in [0.15, 0.2) is 0 Å². The predicted molar refractivity (Wildman–Crippen MR) is 93.1 cm³/mol. The molecule has 1 amide bonds. The van der Waals surface area contributed by atoms with Crippen molar-refractivity contribution in [3.8, 4) is 11.6 Å².